The Balaban J connectivity index is 3.10. The van der Waals surface area contributed by atoms with Gasteiger partial charge in [0.1, 0.15) is 11.6 Å². The van der Waals surface area contributed by atoms with Crippen molar-refractivity contribution in [3.8, 4) is 5.75 Å². The number of hydrogen-bond acceptors (Lipinski definition) is 3. The van der Waals surface area contributed by atoms with Crippen molar-refractivity contribution in [1.82, 2.24) is 0 Å². The largest absolute Gasteiger partial charge is 0.482 e. The molecule has 1 aromatic rings. The maximum atomic E-state index is 13.5. The molecule has 8 heteroatoms. The number of benzene rings is 1. The van der Waals surface area contributed by atoms with Gasteiger partial charge in [-0.3, -0.25) is 9.59 Å². The molecule has 0 heterocycles. The molecule has 0 radical (unpaired) electrons. The summed E-state index contributed by atoms with van der Waals surface area (Å²) in [6.45, 7) is -0.454. The summed E-state index contributed by atoms with van der Waals surface area (Å²) >= 11 is 16.4. The molecule has 0 aliphatic rings. The van der Waals surface area contributed by atoms with E-state index in [0.29, 0.717) is 0 Å². The molecule has 0 unspecified atom stereocenters. The van der Waals surface area contributed by atoms with E-state index in [2.05, 4.69) is 0 Å². The van der Waals surface area contributed by atoms with E-state index in [9.17, 15) is 14.0 Å². The fourth-order valence-electron chi connectivity index (χ4n) is 1.09. The van der Waals surface area contributed by atoms with Crippen molar-refractivity contribution in [2.24, 2.45) is 5.73 Å². The lowest BCUT2D eigenvalue weighted by Gasteiger charge is -2.09. The van der Waals surface area contributed by atoms with Crippen molar-refractivity contribution in [2.75, 3.05) is 6.61 Å². The summed E-state index contributed by atoms with van der Waals surface area (Å²) in [7, 11) is 0. The molecule has 98 valence electrons. The molecule has 0 bridgehead atoms. The van der Waals surface area contributed by atoms with Gasteiger partial charge in [-0.2, -0.15) is 0 Å². The lowest BCUT2D eigenvalue weighted by atomic mass is 10.1. The van der Waals surface area contributed by atoms with Crippen molar-refractivity contribution in [3.05, 3.63) is 28.5 Å². The van der Waals surface area contributed by atoms with Crippen molar-refractivity contribution < 1.29 is 18.7 Å². The third-order valence-corrected chi connectivity index (χ3v) is 2.55. The van der Waals surface area contributed by atoms with E-state index in [1.165, 1.54) is 0 Å². The first-order valence-electron chi connectivity index (χ1n) is 4.55. The second-order valence-electron chi connectivity index (χ2n) is 3.18. The lowest BCUT2D eigenvalue weighted by molar-refractivity contribution is -0.119. The highest BCUT2D eigenvalue weighted by molar-refractivity contribution is 6.55. The number of alkyl halides is 2. The number of amides is 1. The first-order chi connectivity index (χ1) is 8.32. The van der Waals surface area contributed by atoms with Crippen LogP contribution in [0.4, 0.5) is 4.39 Å². The van der Waals surface area contributed by atoms with Crippen LogP contribution in [-0.4, -0.2) is 23.1 Å². The number of ether oxygens (including phenoxy) is 1. The molecule has 1 amide bonds. The van der Waals surface area contributed by atoms with E-state index in [1.807, 2.05) is 0 Å². The van der Waals surface area contributed by atoms with Crippen LogP contribution in [0.2, 0.25) is 5.02 Å². The van der Waals surface area contributed by atoms with Gasteiger partial charge in [0, 0.05) is 0 Å². The van der Waals surface area contributed by atoms with Crippen LogP contribution in [0.15, 0.2) is 12.1 Å². The first kappa shape index (κ1) is 15.0. The average molecular weight is 315 g/mol. The number of rotatable bonds is 5. The van der Waals surface area contributed by atoms with E-state index in [0.717, 1.165) is 12.1 Å². The van der Waals surface area contributed by atoms with Crippen molar-refractivity contribution in [2.45, 2.75) is 4.84 Å². The Labute approximate surface area is 117 Å². The standard InChI is InChI=1S/C10H7Cl3FNO3/c11-5-2-6(14)4(9(17)10(12)13)1-7(5)18-3-8(15)16/h1-2,10H,3H2,(H2,15,16). The van der Waals surface area contributed by atoms with Crippen LogP contribution < -0.4 is 10.5 Å². The maximum absolute atomic E-state index is 13.5. The number of ketones is 1. The third kappa shape index (κ3) is 3.73. The molecule has 1 rings (SSSR count). The molecular weight excluding hydrogens is 307 g/mol. The predicted molar refractivity (Wildman–Crippen MR) is 65.9 cm³/mol. The van der Waals surface area contributed by atoms with Crippen molar-refractivity contribution in [1.29, 1.82) is 0 Å². The van der Waals surface area contributed by atoms with Crippen LogP contribution in [-0.2, 0) is 4.79 Å². The summed E-state index contributed by atoms with van der Waals surface area (Å²) in [6, 6.07) is 1.88. The van der Waals surface area contributed by atoms with E-state index < -0.39 is 29.0 Å². The molecule has 0 saturated carbocycles. The summed E-state index contributed by atoms with van der Waals surface area (Å²) < 4.78 is 18.4. The van der Waals surface area contributed by atoms with Crippen LogP contribution in [0.1, 0.15) is 10.4 Å². The summed E-state index contributed by atoms with van der Waals surface area (Å²) in [5.41, 5.74) is 4.50. The fraction of sp³-hybridized carbons (Fsp3) is 0.200. The molecule has 18 heavy (non-hydrogen) atoms. The highest BCUT2D eigenvalue weighted by Gasteiger charge is 2.21. The van der Waals surface area contributed by atoms with Gasteiger partial charge in [0.2, 0.25) is 0 Å². The molecule has 0 aromatic heterocycles. The van der Waals surface area contributed by atoms with Gasteiger partial charge in [-0.05, 0) is 12.1 Å². The Morgan fingerprint density at radius 3 is 2.50 bits per heavy atom. The van der Waals surface area contributed by atoms with Gasteiger partial charge in [-0.25, -0.2) is 4.39 Å². The Morgan fingerprint density at radius 1 is 1.39 bits per heavy atom. The molecule has 4 nitrogen and oxygen atoms in total. The molecule has 2 N–H and O–H groups in total. The second-order valence-corrected chi connectivity index (χ2v) is 4.69. The van der Waals surface area contributed by atoms with Crippen LogP contribution in [0.3, 0.4) is 0 Å². The number of halogens is 4. The number of hydrogen-bond donors (Lipinski definition) is 1. The summed E-state index contributed by atoms with van der Waals surface area (Å²) in [6.07, 6.45) is 0. The second kappa shape index (κ2) is 6.22. The number of nitrogens with two attached hydrogens (primary N) is 1. The summed E-state index contributed by atoms with van der Waals surface area (Å²) in [5, 5.41) is -0.106. The average Bonchev–Trinajstić information content (AvgIpc) is 2.26. The minimum absolute atomic E-state index is 0.0609. The minimum Gasteiger partial charge on any atom is -0.482 e. The zero-order chi connectivity index (χ0) is 13.9. The molecule has 0 fully saturated rings. The van der Waals surface area contributed by atoms with Gasteiger partial charge in [0.05, 0.1) is 10.6 Å². The Kier molecular flexibility index (Phi) is 5.19. The summed E-state index contributed by atoms with van der Waals surface area (Å²) in [4.78, 5) is 20.6. The van der Waals surface area contributed by atoms with Gasteiger partial charge < -0.3 is 10.5 Å². The van der Waals surface area contributed by atoms with E-state index in [-0.39, 0.29) is 16.3 Å². The van der Waals surface area contributed by atoms with Crippen LogP contribution >= 0.6 is 34.8 Å². The van der Waals surface area contributed by atoms with Gasteiger partial charge in [-0.15, -0.1) is 0 Å². The van der Waals surface area contributed by atoms with Gasteiger partial charge in [0.15, 0.2) is 17.2 Å². The van der Waals surface area contributed by atoms with E-state index in [4.69, 9.17) is 45.3 Å². The van der Waals surface area contributed by atoms with Gasteiger partial charge in [0.25, 0.3) is 5.91 Å². The normalized spacial score (nSPS) is 10.5. The van der Waals surface area contributed by atoms with Crippen LogP contribution in [0.5, 0.6) is 5.75 Å². The number of Topliss-reactive ketones (excluding diaryl/α,β-unsaturated/α-hetero) is 1. The van der Waals surface area contributed by atoms with Gasteiger partial charge in [-0.1, -0.05) is 34.8 Å². The Bertz CT molecular complexity index is 494. The fourth-order valence-corrected chi connectivity index (χ4v) is 1.53. The molecule has 0 spiro atoms. The molecule has 0 aliphatic carbocycles. The van der Waals surface area contributed by atoms with E-state index >= 15 is 0 Å². The van der Waals surface area contributed by atoms with Crippen molar-refractivity contribution in [3.63, 3.8) is 0 Å². The Morgan fingerprint density at radius 2 is 2.00 bits per heavy atom. The first-order valence-corrected chi connectivity index (χ1v) is 5.80. The monoisotopic (exact) mass is 313 g/mol. The molecule has 1 aromatic carbocycles. The van der Waals surface area contributed by atoms with Gasteiger partial charge >= 0.3 is 0 Å². The predicted octanol–water partition coefficient (Wildman–Crippen LogP) is 2.33. The quantitative estimate of drug-likeness (QED) is 0.670. The zero-order valence-corrected chi connectivity index (χ0v) is 11.0. The number of carbonyl (C=O) groups excluding carboxylic acids is 2. The smallest absolute Gasteiger partial charge is 0.255 e. The molecule has 0 aliphatic heterocycles. The third-order valence-electron chi connectivity index (χ3n) is 1.86. The van der Waals surface area contributed by atoms with Crippen LogP contribution in [0, 0.1) is 5.82 Å². The number of primary amides is 1. The highest BCUT2D eigenvalue weighted by atomic mass is 35.5. The van der Waals surface area contributed by atoms with E-state index in [1.54, 1.807) is 0 Å². The topological polar surface area (TPSA) is 69.4 Å². The van der Waals surface area contributed by atoms with Crippen LogP contribution in [0.25, 0.3) is 0 Å². The SMILES string of the molecule is NC(=O)COc1cc(C(=O)C(Cl)Cl)c(F)cc1Cl. The zero-order valence-electron chi connectivity index (χ0n) is 8.75. The number of carbonyl (C=O) groups is 2. The molecule has 0 atom stereocenters. The molecular formula is C10H7Cl3FNO3. The van der Waals surface area contributed by atoms with Crippen molar-refractivity contribution >= 4 is 46.5 Å². The highest BCUT2D eigenvalue weighted by Crippen LogP contribution is 2.29. The summed E-state index contributed by atoms with van der Waals surface area (Å²) in [5.74, 6) is -2.52. The molecule has 0 saturated heterocycles. The Hall–Kier alpha value is -1.04. The maximum Gasteiger partial charge on any atom is 0.255 e. The lowest BCUT2D eigenvalue weighted by Crippen LogP contribution is -2.20. The minimum atomic E-state index is -1.41.